The molecule has 0 radical (unpaired) electrons. The van der Waals surface area contributed by atoms with Gasteiger partial charge in [-0.05, 0) is 37.1 Å². The summed E-state index contributed by atoms with van der Waals surface area (Å²) in [6.07, 6.45) is 1.95. The predicted octanol–water partition coefficient (Wildman–Crippen LogP) is 2.48. The molecule has 2 rings (SSSR count). The molecule has 1 aromatic rings. The number of hydrogen-bond acceptors (Lipinski definition) is 2. The lowest BCUT2D eigenvalue weighted by molar-refractivity contribution is 0.0921. The largest absolute Gasteiger partial charge is 0.388 e. The zero-order valence-corrected chi connectivity index (χ0v) is 10.2. The highest BCUT2D eigenvalue weighted by Crippen LogP contribution is 2.27. The highest BCUT2D eigenvalue weighted by atomic mass is 79.9. The van der Waals surface area contributed by atoms with Crippen molar-refractivity contribution in [2.75, 3.05) is 13.1 Å². The van der Waals surface area contributed by atoms with Crippen molar-refractivity contribution in [1.82, 2.24) is 5.32 Å². The van der Waals surface area contributed by atoms with Crippen LogP contribution in [0.2, 0.25) is 0 Å². The van der Waals surface area contributed by atoms with E-state index >= 15 is 0 Å². The van der Waals surface area contributed by atoms with Crippen LogP contribution in [-0.4, -0.2) is 18.2 Å². The second kappa shape index (κ2) is 5.10. The molecule has 1 aliphatic heterocycles. The van der Waals surface area contributed by atoms with Crippen molar-refractivity contribution >= 4 is 15.9 Å². The van der Waals surface area contributed by atoms with Crippen molar-refractivity contribution in [3.63, 3.8) is 0 Å². The molecule has 0 bridgehead atoms. The molecular formula is C12H16BrNO. The molecule has 3 heteroatoms. The maximum absolute atomic E-state index is 10.2. The summed E-state index contributed by atoms with van der Waals surface area (Å²) >= 11 is 3.40. The van der Waals surface area contributed by atoms with Crippen LogP contribution in [0.4, 0.5) is 0 Å². The monoisotopic (exact) mass is 269 g/mol. The molecule has 1 fully saturated rings. The van der Waals surface area contributed by atoms with Gasteiger partial charge >= 0.3 is 0 Å². The van der Waals surface area contributed by atoms with Gasteiger partial charge in [-0.2, -0.15) is 0 Å². The zero-order valence-electron chi connectivity index (χ0n) is 8.62. The fraction of sp³-hybridized carbons (Fsp3) is 0.500. The third-order valence-electron chi connectivity index (χ3n) is 2.99. The van der Waals surface area contributed by atoms with Crippen LogP contribution >= 0.6 is 15.9 Å². The Labute approximate surface area is 98.8 Å². The second-order valence-electron chi connectivity index (χ2n) is 4.10. The summed E-state index contributed by atoms with van der Waals surface area (Å²) in [4.78, 5) is 0. The summed E-state index contributed by atoms with van der Waals surface area (Å²) in [7, 11) is 0. The molecule has 1 aromatic carbocycles. The van der Waals surface area contributed by atoms with Crippen LogP contribution in [-0.2, 0) is 0 Å². The summed E-state index contributed by atoms with van der Waals surface area (Å²) in [5, 5.41) is 13.5. The number of hydrogen-bond donors (Lipinski definition) is 2. The Morgan fingerprint density at radius 3 is 2.67 bits per heavy atom. The summed E-state index contributed by atoms with van der Waals surface area (Å²) in [6.45, 7) is 2.01. The van der Waals surface area contributed by atoms with E-state index in [1.807, 2.05) is 24.3 Å². The van der Waals surface area contributed by atoms with Gasteiger partial charge in [-0.1, -0.05) is 28.1 Å². The molecule has 0 unspecified atom stereocenters. The van der Waals surface area contributed by atoms with Gasteiger partial charge in [0, 0.05) is 16.9 Å². The molecular weight excluding hydrogens is 254 g/mol. The fourth-order valence-corrected chi connectivity index (χ4v) is 2.34. The molecule has 2 N–H and O–H groups in total. The maximum Gasteiger partial charge on any atom is 0.0830 e. The average molecular weight is 270 g/mol. The topological polar surface area (TPSA) is 32.3 Å². The van der Waals surface area contributed by atoms with Crippen molar-refractivity contribution in [2.45, 2.75) is 18.9 Å². The van der Waals surface area contributed by atoms with Crippen molar-refractivity contribution in [3.8, 4) is 0 Å². The Balaban J connectivity index is 2.05. The number of piperidine rings is 1. The van der Waals surface area contributed by atoms with Crippen LogP contribution in [0.1, 0.15) is 24.5 Å². The minimum Gasteiger partial charge on any atom is -0.388 e. The van der Waals surface area contributed by atoms with Gasteiger partial charge in [-0.15, -0.1) is 0 Å². The van der Waals surface area contributed by atoms with Gasteiger partial charge in [-0.3, -0.25) is 0 Å². The number of aliphatic hydroxyl groups excluding tert-OH is 1. The fourth-order valence-electron chi connectivity index (χ4n) is 2.08. The Morgan fingerprint density at radius 2 is 2.07 bits per heavy atom. The van der Waals surface area contributed by atoms with Crippen LogP contribution < -0.4 is 5.32 Å². The van der Waals surface area contributed by atoms with Crippen LogP contribution in [0.15, 0.2) is 28.7 Å². The standard InChI is InChI=1S/C12H16BrNO/c13-11-5-3-9(4-6-11)12(15)10-2-1-7-14-8-10/h3-6,10,12,14-15H,1-2,7-8H2/t10-,12-/m1/s1. The van der Waals surface area contributed by atoms with Gasteiger partial charge in [0.15, 0.2) is 0 Å². The maximum atomic E-state index is 10.2. The van der Waals surface area contributed by atoms with Crippen molar-refractivity contribution in [3.05, 3.63) is 34.3 Å². The molecule has 0 saturated carbocycles. The van der Waals surface area contributed by atoms with Crippen LogP contribution in [0.3, 0.4) is 0 Å². The van der Waals surface area contributed by atoms with Gasteiger partial charge in [0.2, 0.25) is 0 Å². The summed E-state index contributed by atoms with van der Waals surface area (Å²) in [5.41, 5.74) is 1.02. The van der Waals surface area contributed by atoms with E-state index in [0.29, 0.717) is 5.92 Å². The third-order valence-corrected chi connectivity index (χ3v) is 3.52. The highest BCUT2D eigenvalue weighted by Gasteiger charge is 2.22. The van der Waals surface area contributed by atoms with E-state index in [2.05, 4.69) is 21.2 Å². The minimum atomic E-state index is -0.328. The first kappa shape index (κ1) is 11.1. The first-order valence-electron chi connectivity index (χ1n) is 5.41. The van der Waals surface area contributed by atoms with Gasteiger partial charge in [0.25, 0.3) is 0 Å². The van der Waals surface area contributed by atoms with E-state index in [1.54, 1.807) is 0 Å². The molecule has 0 aromatic heterocycles. The average Bonchev–Trinajstić information content (AvgIpc) is 2.30. The lowest BCUT2D eigenvalue weighted by Gasteiger charge is -2.27. The number of nitrogens with one attached hydrogen (secondary N) is 1. The SMILES string of the molecule is O[C@H](c1ccc(Br)cc1)[C@@H]1CCCNC1. The van der Waals surface area contributed by atoms with Gasteiger partial charge in [0.05, 0.1) is 6.10 Å². The Bertz CT molecular complexity index is 306. The van der Waals surface area contributed by atoms with Crippen molar-refractivity contribution < 1.29 is 5.11 Å². The molecule has 82 valence electrons. The number of benzene rings is 1. The zero-order chi connectivity index (χ0) is 10.7. The predicted molar refractivity (Wildman–Crippen MR) is 64.7 cm³/mol. The molecule has 2 nitrogen and oxygen atoms in total. The van der Waals surface area contributed by atoms with Crippen LogP contribution in [0, 0.1) is 5.92 Å². The lowest BCUT2D eigenvalue weighted by Crippen LogP contribution is -2.33. The summed E-state index contributed by atoms with van der Waals surface area (Å²) < 4.78 is 1.06. The summed E-state index contributed by atoms with van der Waals surface area (Å²) in [6, 6.07) is 7.94. The molecule has 0 spiro atoms. The summed E-state index contributed by atoms with van der Waals surface area (Å²) in [5.74, 6) is 0.361. The van der Waals surface area contributed by atoms with Gasteiger partial charge in [-0.25, -0.2) is 0 Å². The van der Waals surface area contributed by atoms with E-state index in [-0.39, 0.29) is 6.10 Å². The molecule has 1 aliphatic rings. The Hall–Kier alpha value is -0.380. The molecule has 0 amide bonds. The van der Waals surface area contributed by atoms with Gasteiger partial charge < -0.3 is 10.4 Å². The van der Waals surface area contributed by atoms with E-state index in [4.69, 9.17) is 0 Å². The number of aliphatic hydroxyl groups is 1. The molecule has 1 saturated heterocycles. The second-order valence-corrected chi connectivity index (χ2v) is 5.02. The molecule has 15 heavy (non-hydrogen) atoms. The number of halogens is 1. The first-order chi connectivity index (χ1) is 7.27. The third kappa shape index (κ3) is 2.80. The lowest BCUT2D eigenvalue weighted by atomic mass is 9.89. The molecule has 0 aliphatic carbocycles. The number of rotatable bonds is 2. The van der Waals surface area contributed by atoms with E-state index in [9.17, 15) is 5.11 Å². The van der Waals surface area contributed by atoms with Crippen LogP contribution in [0.25, 0.3) is 0 Å². The first-order valence-corrected chi connectivity index (χ1v) is 6.21. The van der Waals surface area contributed by atoms with Gasteiger partial charge in [0.1, 0.15) is 0 Å². The normalized spacial score (nSPS) is 23.7. The van der Waals surface area contributed by atoms with E-state index in [0.717, 1.165) is 36.0 Å². The highest BCUT2D eigenvalue weighted by molar-refractivity contribution is 9.10. The van der Waals surface area contributed by atoms with Crippen molar-refractivity contribution in [1.29, 1.82) is 0 Å². The molecule has 1 heterocycles. The Kier molecular flexibility index (Phi) is 3.78. The smallest absolute Gasteiger partial charge is 0.0830 e. The minimum absolute atomic E-state index is 0.328. The molecule has 2 atom stereocenters. The van der Waals surface area contributed by atoms with E-state index in [1.165, 1.54) is 0 Å². The van der Waals surface area contributed by atoms with Crippen LogP contribution in [0.5, 0.6) is 0 Å². The quantitative estimate of drug-likeness (QED) is 0.865. The van der Waals surface area contributed by atoms with Crippen molar-refractivity contribution in [2.24, 2.45) is 5.92 Å². The Morgan fingerprint density at radius 1 is 1.33 bits per heavy atom. The van der Waals surface area contributed by atoms with E-state index < -0.39 is 0 Å².